The molecular formula is C26H27N3O3S. The highest BCUT2D eigenvalue weighted by Crippen LogP contribution is 2.34. The van der Waals surface area contributed by atoms with Crippen LogP contribution in [0.4, 0.5) is 5.82 Å². The van der Waals surface area contributed by atoms with Crippen molar-refractivity contribution < 1.29 is 13.2 Å². The zero-order valence-corrected chi connectivity index (χ0v) is 19.5. The van der Waals surface area contributed by atoms with Crippen molar-refractivity contribution in [2.75, 3.05) is 4.72 Å². The Morgan fingerprint density at radius 1 is 0.879 bits per heavy atom. The number of anilines is 1. The summed E-state index contributed by atoms with van der Waals surface area (Å²) in [6.07, 6.45) is 0. The molecule has 0 amide bonds. The number of hydrogen-bond acceptors (Lipinski definition) is 4. The predicted molar refractivity (Wildman–Crippen MR) is 130 cm³/mol. The third kappa shape index (κ3) is 5.32. The van der Waals surface area contributed by atoms with Crippen molar-refractivity contribution in [3.05, 3.63) is 102 Å². The molecule has 1 N–H and O–H groups in total. The van der Waals surface area contributed by atoms with E-state index in [1.54, 1.807) is 35.0 Å². The fourth-order valence-corrected chi connectivity index (χ4v) is 4.66. The number of ether oxygens (including phenoxy) is 1. The molecule has 0 saturated carbocycles. The van der Waals surface area contributed by atoms with Crippen LogP contribution < -0.4 is 4.72 Å². The van der Waals surface area contributed by atoms with E-state index in [4.69, 9.17) is 4.74 Å². The van der Waals surface area contributed by atoms with Gasteiger partial charge in [0.1, 0.15) is 0 Å². The van der Waals surface area contributed by atoms with Gasteiger partial charge in [-0.05, 0) is 37.1 Å². The van der Waals surface area contributed by atoms with Gasteiger partial charge in [0.2, 0.25) is 0 Å². The third-order valence-electron chi connectivity index (χ3n) is 5.33. The molecule has 0 atom stereocenters. The van der Waals surface area contributed by atoms with Gasteiger partial charge in [-0.1, -0.05) is 78.4 Å². The lowest BCUT2D eigenvalue weighted by Gasteiger charge is -2.11. The largest absolute Gasteiger partial charge is 0.370 e. The van der Waals surface area contributed by atoms with E-state index in [2.05, 4.69) is 9.82 Å². The summed E-state index contributed by atoms with van der Waals surface area (Å²) in [5.41, 5.74) is 4.62. The van der Waals surface area contributed by atoms with Gasteiger partial charge in [-0.3, -0.25) is 9.40 Å². The highest BCUT2D eigenvalue weighted by atomic mass is 32.2. The van der Waals surface area contributed by atoms with E-state index in [0.717, 1.165) is 27.9 Å². The summed E-state index contributed by atoms with van der Waals surface area (Å²) in [5.74, 6) is 0.294. The molecule has 0 fully saturated rings. The zero-order valence-electron chi connectivity index (χ0n) is 18.7. The number of benzene rings is 3. The van der Waals surface area contributed by atoms with E-state index in [1.165, 1.54) is 0 Å². The van der Waals surface area contributed by atoms with Crippen LogP contribution in [-0.4, -0.2) is 18.2 Å². The molecule has 4 aromatic rings. The minimum absolute atomic E-state index is 0.188. The van der Waals surface area contributed by atoms with Gasteiger partial charge in [-0.2, -0.15) is 5.10 Å². The van der Waals surface area contributed by atoms with Crippen molar-refractivity contribution in [2.24, 2.45) is 0 Å². The Balaban J connectivity index is 1.72. The summed E-state index contributed by atoms with van der Waals surface area (Å²) in [4.78, 5) is 0.188. The standard InChI is InChI=1S/C26H27N3O3S/c1-3-29-24(19-32-18-21-10-6-4-7-11-21)25(22-16-14-20(2)15-17-22)26(27-29)28-33(30,31)23-12-8-5-9-13-23/h4-17H,3,18-19H2,1-2H3,(H,27,28). The molecule has 3 aromatic carbocycles. The van der Waals surface area contributed by atoms with Gasteiger partial charge in [-0.25, -0.2) is 8.42 Å². The number of aromatic nitrogens is 2. The summed E-state index contributed by atoms with van der Waals surface area (Å²) < 4.78 is 36.6. The quantitative estimate of drug-likeness (QED) is 0.362. The first-order valence-electron chi connectivity index (χ1n) is 10.8. The number of nitrogens with zero attached hydrogens (tertiary/aromatic N) is 2. The van der Waals surface area contributed by atoms with E-state index in [0.29, 0.717) is 25.6 Å². The second-order valence-corrected chi connectivity index (χ2v) is 9.43. The van der Waals surface area contributed by atoms with Crippen LogP contribution in [0.15, 0.2) is 89.8 Å². The average molecular weight is 462 g/mol. The molecule has 1 heterocycles. The van der Waals surface area contributed by atoms with Crippen LogP contribution in [-0.2, 0) is 34.5 Å². The zero-order chi connectivity index (χ0) is 23.3. The summed E-state index contributed by atoms with van der Waals surface area (Å²) in [7, 11) is -3.79. The molecule has 1 aromatic heterocycles. The lowest BCUT2D eigenvalue weighted by atomic mass is 10.0. The SMILES string of the molecule is CCn1nc(NS(=O)(=O)c2ccccc2)c(-c2ccc(C)cc2)c1COCc1ccccc1. The first-order valence-corrected chi connectivity index (χ1v) is 12.3. The molecule has 0 unspecified atom stereocenters. The number of aryl methyl sites for hydroxylation is 2. The Morgan fingerprint density at radius 3 is 2.15 bits per heavy atom. The molecule has 0 aliphatic heterocycles. The van der Waals surface area contributed by atoms with E-state index >= 15 is 0 Å². The van der Waals surface area contributed by atoms with Gasteiger partial charge in [0.25, 0.3) is 10.0 Å². The van der Waals surface area contributed by atoms with E-state index in [9.17, 15) is 8.42 Å². The maximum atomic E-state index is 13.1. The topological polar surface area (TPSA) is 73.2 Å². The predicted octanol–water partition coefficient (Wildman–Crippen LogP) is 5.40. The van der Waals surface area contributed by atoms with Crippen molar-refractivity contribution in [1.82, 2.24) is 9.78 Å². The van der Waals surface area contributed by atoms with Crippen LogP contribution in [0.25, 0.3) is 11.1 Å². The van der Waals surface area contributed by atoms with Crippen molar-refractivity contribution in [3.8, 4) is 11.1 Å². The molecule has 0 spiro atoms. The van der Waals surface area contributed by atoms with E-state index in [1.807, 2.05) is 68.4 Å². The monoisotopic (exact) mass is 461 g/mol. The Morgan fingerprint density at radius 2 is 1.52 bits per heavy atom. The molecule has 33 heavy (non-hydrogen) atoms. The molecule has 6 nitrogen and oxygen atoms in total. The van der Waals surface area contributed by atoms with Crippen LogP contribution in [0, 0.1) is 6.92 Å². The Labute approximate surface area is 194 Å². The van der Waals surface area contributed by atoms with Crippen LogP contribution in [0.2, 0.25) is 0 Å². The van der Waals surface area contributed by atoms with Crippen LogP contribution >= 0.6 is 0 Å². The number of hydrogen-bond donors (Lipinski definition) is 1. The maximum absolute atomic E-state index is 13.1. The van der Waals surface area contributed by atoms with Crippen molar-refractivity contribution in [1.29, 1.82) is 0 Å². The van der Waals surface area contributed by atoms with Crippen LogP contribution in [0.3, 0.4) is 0 Å². The molecule has 0 bridgehead atoms. The minimum Gasteiger partial charge on any atom is -0.370 e. The average Bonchev–Trinajstić information content (AvgIpc) is 3.17. The van der Waals surface area contributed by atoms with Crippen LogP contribution in [0.5, 0.6) is 0 Å². The van der Waals surface area contributed by atoms with Gasteiger partial charge in [0.05, 0.1) is 29.4 Å². The van der Waals surface area contributed by atoms with Gasteiger partial charge >= 0.3 is 0 Å². The lowest BCUT2D eigenvalue weighted by Crippen LogP contribution is -2.14. The molecule has 0 aliphatic carbocycles. The maximum Gasteiger partial charge on any atom is 0.263 e. The Hall–Kier alpha value is -3.42. The Bertz CT molecular complexity index is 1300. The Kier molecular flexibility index (Phi) is 6.91. The minimum atomic E-state index is -3.79. The number of nitrogens with one attached hydrogen (secondary N) is 1. The molecule has 0 radical (unpaired) electrons. The highest BCUT2D eigenvalue weighted by Gasteiger charge is 2.24. The summed E-state index contributed by atoms with van der Waals surface area (Å²) in [5, 5.41) is 4.61. The molecule has 7 heteroatoms. The van der Waals surface area contributed by atoms with Gasteiger partial charge in [0.15, 0.2) is 5.82 Å². The molecular weight excluding hydrogens is 434 g/mol. The molecule has 0 saturated heterocycles. The normalized spacial score (nSPS) is 11.5. The third-order valence-corrected chi connectivity index (χ3v) is 6.69. The van der Waals surface area contributed by atoms with Crippen molar-refractivity contribution in [2.45, 2.75) is 38.5 Å². The van der Waals surface area contributed by atoms with Crippen molar-refractivity contribution >= 4 is 15.8 Å². The summed E-state index contributed by atoms with van der Waals surface area (Å²) in [6.45, 7) is 5.32. The van der Waals surface area contributed by atoms with E-state index < -0.39 is 10.0 Å². The smallest absolute Gasteiger partial charge is 0.263 e. The molecule has 0 aliphatic rings. The van der Waals surface area contributed by atoms with E-state index in [-0.39, 0.29) is 4.90 Å². The first kappa shape index (κ1) is 22.8. The lowest BCUT2D eigenvalue weighted by molar-refractivity contribution is 0.102. The number of sulfonamides is 1. The summed E-state index contributed by atoms with van der Waals surface area (Å²) in [6, 6.07) is 26.2. The van der Waals surface area contributed by atoms with Crippen LogP contribution in [0.1, 0.15) is 23.7 Å². The molecule has 170 valence electrons. The highest BCUT2D eigenvalue weighted by molar-refractivity contribution is 7.92. The van der Waals surface area contributed by atoms with Gasteiger partial charge in [-0.15, -0.1) is 0 Å². The number of rotatable bonds is 9. The van der Waals surface area contributed by atoms with Gasteiger partial charge < -0.3 is 4.74 Å². The first-order chi connectivity index (χ1) is 16.0. The molecule has 4 rings (SSSR count). The fourth-order valence-electron chi connectivity index (χ4n) is 3.63. The van der Waals surface area contributed by atoms with Gasteiger partial charge in [0, 0.05) is 6.54 Å². The van der Waals surface area contributed by atoms with Crippen molar-refractivity contribution in [3.63, 3.8) is 0 Å². The second-order valence-electron chi connectivity index (χ2n) is 7.75. The second kappa shape index (κ2) is 10.0. The summed E-state index contributed by atoms with van der Waals surface area (Å²) >= 11 is 0. The fraction of sp³-hybridized carbons (Fsp3) is 0.192.